The van der Waals surface area contributed by atoms with Gasteiger partial charge < -0.3 is 10.2 Å². The number of carbonyl (C=O) groups is 1. The number of nitrogens with zero attached hydrogens (tertiary/aromatic N) is 2. The summed E-state index contributed by atoms with van der Waals surface area (Å²) in [6.07, 6.45) is 5.95. The Morgan fingerprint density at radius 2 is 1.83 bits per heavy atom. The molecule has 0 spiro atoms. The molecule has 0 aromatic rings. The lowest BCUT2D eigenvalue weighted by molar-refractivity contribution is -0.133. The van der Waals surface area contributed by atoms with Gasteiger partial charge in [0.1, 0.15) is 0 Å². The second-order valence-electron chi connectivity index (χ2n) is 6.01. The summed E-state index contributed by atoms with van der Waals surface area (Å²) in [7, 11) is 4.01. The quantitative estimate of drug-likeness (QED) is 0.796. The summed E-state index contributed by atoms with van der Waals surface area (Å²) in [5.74, 6) is 0.275. The molecule has 0 radical (unpaired) electrons. The van der Waals surface area contributed by atoms with Gasteiger partial charge in [-0.2, -0.15) is 0 Å². The molecular formula is C14H27N3O. The lowest BCUT2D eigenvalue weighted by Crippen LogP contribution is -2.50. The normalized spacial score (nSPS) is 30.8. The fourth-order valence-corrected chi connectivity index (χ4v) is 3.35. The molecule has 2 heterocycles. The Labute approximate surface area is 111 Å². The molecule has 18 heavy (non-hydrogen) atoms. The molecule has 2 aliphatic rings. The maximum Gasteiger partial charge on any atom is 0.236 e. The van der Waals surface area contributed by atoms with Gasteiger partial charge >= 0.3 is 0 Å². The Bertz CT molecular complexity index is 283. The fraction of sp³-hybridized carbons (Fsp3) is 0.929. The summed E-state index contributed by atoms with van der Waals surface area (Å²) in [4.78, 5) is 16.3. The Kier molecular flexibility index (Phi) is 4.62. The van der Waals surface area contributed by atoms with Gasteiger partial charge in [0, 0.05) is 25.2 Å². The highest BCUT2D eigenvalue weighted by atomic mass is 16.2. The minimum absolute atomic E-state index is 0.275. The van der Waals surface area contributed by atoms with E-state index in [1.165, 1.54) is 12.8 Å². The lowest BCUT2D eigenvalue weighted by Gasteiger charge is -2.36. The van der Waals surface area contributed by atoms with Crippen molar-refractivity contribution < 1.29 is 4.79 Å². The van der Waals surface area contributed by atoms with Crippen LogP contribution in [0.25, 0.3) is 0 Å². The second-order valence-corrected chi connectivity index (χ2v) is 6.01. The average molecular weight is 253 g/mol. The van der Waals surface area contributed by atoms with Gasteiger partial charge in [-0.15, -0.1) is 0 Å². The first kappa shape index (κ1) is 13.8. The van der Waals surface area contributed by atoms with E-state index in [9.17, 15) is 4.79 Å². The van der Waals surface area contributed by atoms with Crippen LogP contribution in [0.2, 0.25) is 0 Å². The van der Waals surface area contributed by atoms with Crippen molar-refractivity contribution in [1.82, 2.24) is 15.1 Å². The van der Waals surface area contributed by atoms with E-state index in [0.717, 1.165) is 25.8 Å². The van der Waals surface area contributed by atoms with Crippen LogP contribution in [0.1, 0.15) is 39.0 Å². The summed E-state index contributed by atoms with van der Waals surface area (Å²) in [6, 6.07) is 1.75. The topological polar surface area (TPSA) is 35.6 Å². The van der Waals surface area contributed by atoms with Crippen molar-refractivity contribution in [3.8, 4) is 0 Å². The number of likely N-dealkylation sites (N-methyl/N-ethyl adjacent to an activating group) is 2. The zero-order valence-corrected chi connectivity index (χ0v) is 12.0. The van der Waals surface area contributed by atoms with Gasteiger partial charge in [0.05, 0.1) is 6.54 Å². The Morgan fingerprint density at radius 3 is 2.39 bits per heavy atom. The number of fused-ring (bicyclic) bond motifs is 2. The number of carbonyl (C=O) groups excluding carboxylic acids is 1. The van der Waals surface area contributed by atoms with Gasteiger partial charge in [0.15, 0.2) is 0 Å². The molecule has 0 aliphatic carbocycles. The molecule has 2 rings (SSSR count). The fourth-order valence-electron chi connectivity index (χ4n) is 3.35. The summed E-state index contributed by atoms with van der Waals surface area (Å²) in [5, 5.41) is 3.63. The molecule has 2 bridgehead atoms. The molecule has 2 fully saturated rings. The monoisotopic (exact) mass is 253 g/mol. The van der Waals surface area contributed by atoms with Crippen molar-refractivity contribution in [3.05, 3.63) is 0 Å². The van der Waals surface area contributed by atoms with Gasteiger partial charge in [0.2, 0.25) is 5.91 Å². The number of rotatable bonds is 5. The summed E-state index contributed by atoms with van der Waals surface area (Å²) >= 11 is 0. The highest BCUT2D eigenvalue weighted by Gasteiger charge is 2.36. The molecule has 0 aromatic carbocycles. The van der Waals surface area contributed by atoms with Crippen LogP contribution < -0.4 is 5.32 Å². The smallest absolute Gasteiger partial charge is 0.236 e. The van der Waals surface area contributed by atoms with E-state index in [0.29, 0.717) is 24.7 Å². The first-order valence-electron chi connectivity index (χ1n) is 7.30. The predicted octanol–water partition coefficient (Wildman–Crippen LogP) is 1.07. The van der Waals surface area contributed by atoms with Crippen molar-refractivity contribution in [2.45, 2.75) is 57.2 Å². The molecule has 2 saturated heterocycles. The zero-order chi connectivity index (χ0) is 13.1. The molecule has 1 N–H and O–H groups in total. The Hall–Kier alpha value is -0.610. The molecule has 2 atom stereocenters. The SMILES string of the molecule is CCCN(C)CC(=O)N(C)C1CC2CCC(C1)N2. The van der Waals surface area contributed by atoms with Gasteiger partial charge in [-0.05, 0) is 45.7 Å². The van der Waals surface area contributed by atoms with Crippen LogP contribution in [0.3, 0.4) is 0 Å². The summed E-state index contributed by atoms with van der Waals surface area (Å²) in [6.45, 7) is 3.70. The van der Waals surface area contributed by atoms with E-state index in [-0.39, 0.29) is 5.91 Å². The van der Waals surface area contributed by atoms with Crippen LogP contribution in [0.15, 0.2) is 0 Å². The van der Waals surface area contributed by atoms with Crippen LogP contribution in [-0.4, -0.2) is 61.0 Å². The molecule has 4 nitrogen and oxygen atoms in total. The minimum Gasteiger partial charge on any atom is -0.342 e. The van der Waals surface area contributed by atoms with Gasteiger partial charge in [-0.25, -0.2) is 0 Å². The number of hydrogen-bond acceptors (Lipinski definition) is 3. The maximum atomic E-state index is 12.2. The molecule has 4 heteroatoms. The third-order valence-corrected chi connectivity index (χ3v) is 4.40. The van der Waals surface area contributed by atoms with E-state index in [2.05, 4.69) is 17.1 Å². The third kappa shape index (κ3) is 3.23. The van der Waals surface area contributed by atoms with Crippen molar-refractivity contribution in [2.24, 2.45) is 0 Å². The van der Waals surface area contributed by atoms with Crippen LogP contribution >= 0.6 is 0 Å². The molecular weight excluding hydrogens is 226 g/mol. The third-order valence-electron chi connectivity index (χ3n) is 4.40. The standard InChI is InChI=1S/C14H27N3O/c1-4-7-16(2)10-14(18)17(3)13-8-11-5-6-12(9-13)15-11/h11-13,15H,4-10H2,1-3H3. The first-order valence-corrected chi connectivity index (χ1v) is 7.30. The van der Waals surface area contributed by atoms with E-state index in [1.807, 2.05) is 19.0 Å². The van der Waals surface area contributed by atoms with Crippen LogP contribution in [0, 0.1) is 0 Å². The van der Waals surface area contributed by atoms with E-state index in [1.54, 1.807) is 0 Å². The van der Waals surface area contributed by atoms with Gasteiger partial charge in [0.25, 0.3) is 0 Å². The number of piperidine rings is 1. The Balaban J connectivity index is 1.83. The highest BCUT2D eigenvalue weighted by molar-refractivity contribution is 5.78. The molecule has 2 unspecified atom stereocenters. The lowest BCUT2D eigenvalue weighted by atomic mass is 9.98. The van der Waals surface area contributed by atoms with E-state index >= 15 is 0 Å². The largest absolute Gasteiger partial charge is 0.342 e. The van der Waals surface area contributed by atoms with Crippen LogP contribution in [-0.2, 0) is 4.79 Å². The average Bonchev–Trinajstić information content (AvgIpc) is 2.67. The molecule has 104 valence electrons. The first-order chi connectivity index (χ1) is 8.60. The second kappa shape index (κ2) is 6.02. The van der Waals surface area contributed by atoms with E-state index < -0.39 is 0 Å². The van der Waals surface area contributed by atoms with Gasteiger partial charge in [-0.3, -0.25) is 9.69 Å². The van der Waals surface area contributed by atoms with E-state index in [4.69, 9.17) is 0 Å². The van der Waals surface area contributed by atoms with Crippen molar-refractivity contribution >= 4 is 5.91 Å². The summed E-state index contributed by atoms with van der Waals surface area (Å²) in [5.41, 5.74) is 0. The number of amides is 1. The number of hydrogen-bond donors (Lipinski definition) is 1. The minimum atomic E-state index is 0.275. The zero-order valence-electron chi connectivity index (χ0n) is 12.0. The van der Waals surface area contributed by atoms with Crippen molar-refractivity contribution in [3.63, 3.8) is 0 Å². The Morgan fingerprint density at radius 1 is 1.22 bits per heavy atom. The van der Waals surface area contributed by atoms with Crippen molar-refractivity contribution in [1.29, 1.82) is 0 Å². The predicted molar refractivity (Wildman–Crippen MR) is 73.5 cm³/mol. The van der Waals surface area contributed by atoms with Crippen molar-refractivity contribution in [2.75, 3.05) is 27.2 Å². The maximum absolute atomic E-state index is 12.2. The number of nitrogens with one attached hydrogen (secondary N) is 1. The van der Waals surface area contributed by atoms with Gasteiger partial charge in [-0.1, -0.05) is 6.92 Å². The summed E-state index contributed by atoms with van der Waals surface area (Å²) < 4.78 is 0. The molecule has 1 amide bonds. The van der Waals surface area contributed by atoms with Crippen LogP contribution in [0.5, 0.6) is 0 Å². The molecule has 2 aliphatic heterocycles. The highest BCUT2D eigenvalue weighted by Crippen LogP contribution is 2.29. The van der Waals surface area contributed by atoms with Crippen LogP contribution in [0.4, 0.5) is 0 Å². The molecule has 0 aromatic heterocycles. The molecule has 0 saturated carbocycles.